The summed E-state index contributed by atoms with van der Waals surface area (Å²) in [6.45, 7) is 3.83. The number of amides is 2. The van der Waals surface area contributed by atoms with Crippen molar-refractivity contribution in [3.8, 4) is 11.5 Å². The Morgan fingerprint density at radius 1 is 1.04 bits per heavy atom. The molecular weight excluding hydrogens is 360 g/mol. The van der Waals surface area contributed by atoms with Crippen molar-refractivity contribution in [1.82, 2.24) is 0 Å². The molecule has 0 unspecified atom stereocenters. The fourth-order valence-electron chi connectivity index (χ4n) is 3.78. The summed E-state index contributed by atoms with van der Waals surface area (Å²) in [6, 6.07) is 10.9. The van der Waals surface area contributed by atoms with E-state index in [0.29, 0.717) is 28.5 Å². The maximum atomic E-state index is 13.2. The lowest BCUT2D eigenvalue weighted by Gasteiger charge is -2.18. The van der Waals surface area contributed by atoms with E-state index in [2.05, 4.69) is 5.16 Å². The number of anilines is 1. The van der Waals surface area contributed by atoms with Crippen molar-refractivity contribution < 1.29 is 23.9 Å². The Kier molecular flexibility index (Phi) is 4.30. The Balaban J connectivity index is 1.76. The van der Waals surface area contributed by atoms with Crippen molar-refractivity contribution in [3.63, 3.8) is 0 Å². The van der Waals surface area contributed by atoms with Gasteiger partial charge in [-0.15, -0.1) is 0 Å². The number of aryl methyl sites for hydroxylation is 2. The highest BCUT2D eigenvalue weighted by Crippen LogP contribution is 2.40. The lowest BCUT2D eigenvalue weighted by Crippen LogP contribution is -2.33. The lowest BCUT2D eigenvalue weighted by molar-refractivity contribution is -0.126. The predicted octanol–water partition coefficient (Wildman–Crippen LogP) is 2.61. The number of ether oxygens (including phenoxy) is 2. The van der Waals surface area contributed by atoms with Crippen LogP contribution >= 0.6 is 0 Å². The third kappa shape index (κ3) is 2.54. The number of oxime groups is 1. The SMILES string of the molecule is COc1cccc(C2=NO[C@H]3C(=O)N(c4ccc(C)cc4C)C(=O)[C@H]23)c1OC. The normalized spacial score (nSPS) is 20.7. The summed E-state index contributed by atoms with van der Waals surface area (Å²) in [5.41, 5.74) is 3.40. The number of nitrogens with zero attached hydrogens (tertiary/aromatic N) is 2. The van der Waals surface area contributed by atoms with Crippen LogP contribution in [0, 0.1) is 19.8 Å². The summed E-state index contributed by atoms with van der Waals surface area (Å²) < 4.78 is 10.8. The molecule has 0 saturated carbocycles. The van der Waals surface area contributed by atoms with Crippen molar-refractivity contribution in [1.29, 1.82) is 0 Å². The molecule has 0 N–H and O–H groups in total. The van der Waals surface area contributed by atoms with Crippen LogP contribution in [0.25, 0.3) is 0 Å². The summed E-state index contributed by atoms with van der Waals surface area (Å²) in [4.78, 5) is 32.8. The van der Waals surface area contributed by atoms with E-state index >= 15 is 0 Å². The quantitative estimate of drug-likeness (QED) is 0.762. The zero-order valence-corrected chi connectivity index (χ0v) is 16.1. The van der Waals surface area contributed by atoms with Crippen molar-refractivity contribution in [3.05, 3.63) is 53.1 Å². The maximum Gasteiger partial charge on any atom is 0.278 e. The Morgan fingerprint density at radius 3 is 2.50 bits per heavy atom. The Bertz CT molecular complexity index is 1010. The molecule has 2 aromatic carbocycles. The van der Waals surface area contributed by atoms with Crippen LogP contribution in [0.15, 0.2) is 41.6 Å². The number of carbonyl (C=O) groups is 2. The number of benzene rings is 2. The number of imide groups is 1. The average Bonchev–Trinajstić information content (AvgIpc) is 3.22. The molecule has 144 valence electrons. The largest absolute Gasteiger partial charge is 0.493 e. The van der Waals surface area contributed by atoms with Gasteiger partial charge in [0.15, 0.2) is 11.5 Å². The van der Waals surface area contributed by atoms with Gasteiger partial charge in [0.25, 0.3) is 5.91 Å². The first-order valence-electron chi connectivity index (χ1n) is 8.88. The molecule has 1 fully saturated rings. The van der Waals surface area contributed by atoms with Crippen LogP contribution in [0.5, 0.6) is 11.5 Å². The van der Waals surface area contributed by atoms with Crippen LogP contribution in [-0.2, 0) is 14.4 Å². The molecule has 2 atom stereocenters. The monoisotopic (exact) mass is 380 g/mol. The molecule has 2 amide bonds. The number of carbonyl (C=O) groups excluding carboxylic acids is 2. The molecule has 7 nitrogen and oxygen atoms in total. The summed E-state index contributed by atoms with van der Waals surface area (Å²) in [6.07, 6.45) is -0.973. The summed E-state index contributed by atoms with van der Waals surface area (Å²) in [5, 5.41) is 4.05. The first kappa shape index (κ1) is 18.0. The van der Waals surface area contributed by atoms with Gasteiger partial charge in [-0.25, -0.2) is 4.90 Å². The van der Waals surface area contributed by atoms with Crippen LogP contribution in [0.1, 0.15) is 16.7 Å². The zero-order valence-electron chi connectivity index (χ0n) is 16.1. The van der Waals surface area contributed by atoms with Gasteiger partial charge in [0.1, 0.15) is 11.6 Å². The minimum atomic E-state index is -0.973. The van der Waals surface area contributed by atoms with Crippen molar-refractivity contribution in [2.75, 3.05) is 19.1 Å². The second kappa shape index (κ2) is 6.67. The number of methoxy groups -OCH3 is 2. The van der Waals surface area contributed by atoms with Gasteiger partial charge in [0.05, 0.1) is 19.9 Å². The smallest absolute Gasteiger partial charge is 0.278 e. The minimum Gasteiger partial charge on any atom is -0.493 e. The molecule has 0 bridgehead atoms. The molecule has 2 aliphatic rings. The van der Waals surface area contributed by atoms with Crippen LogP contribution in [0.2, 0.25) is 0 Å². The Hall–Kier alpha value is -3.35. The zero-order chi connectivity index (χ0) is 20.0. The molecule has 2 aliphatic heterocycles. The molecule has 0 radical (unpaired) electrons. The second-order valence-corrected chi connectivity index (χ2v) is 6.82. The molecule has 28 heavy (non-hydrogen) atoms. The fourth-order valence-corrected chi connectivity index (χ4v) is 3.78. The third-order valence-corrected chi connectivity index (χ3v) is 5.08. The first-order chi connectivity index (χ1) is 13.5. The first-order valence-corrected chi connectivity index (χ1v) is 8.88. The number of hydrogen-bond donors (Lipinski definition) is 0. The highest BCUT2D eigenvalue weighted by atomic mass is 16.7. The number of hydrogen-bond acceptors (Lipinski definition) is 6. The van der Waals surface area contributed by atoms with Crippen LogP contribution in [0.4, 0.5) is 5.69 Å². The van der Waals surface area contributed by atoms with E-state index in [1.165, 1.54) is 19.1 Å². The molecule has 0 aromatic heterocycles. The van der Waals surface area contributed by atoms with E-state index < -0.39 is 17.9 Å². The molecule has 7 heteroatoms. The van der Waals surface area contributed by atoms with Gasteiger partial charge in [0.2, 0.25) is 12.0 Å². The Morgan fingerprint density at radius 2 is 1.82 bits per heavy atom. The number of fused-ring (bicyclic) bond motifs is 1. The summed E-state index contributed by atoms with van der Waals surface area (Å²) >= 11 is 0. The average molecular weight is 380 g/mol. The van der Waals surface area contributed by atoms with E-state index in [0.717, 1.165) is 11.1 Å². The number of para-hydroxylation sites is 1. The van der Waals surface area contributed by atoms with Gasteiger partial charge in [-0.2, -0.15) is 0 Å². The standard InChI is InChI=1S/C21H20N2O5/c1-11-8-9-14(12(2)10-11)23-20(24)16-17(22-28-19(16)21(23)25)13-6-5-7-15(26-3)18(13)27-4/h5-10,16,19H,1-4H3/t16-,19-/m1/s1. The second-order valence-electron chi connectivity index (χ2n) is 6.82. The van der Waals surface area contributed by atoms with Crippen LogP contribution in [0.3, 0.4) is 0 Å². The molecule has 1 saturated heterocycles. The van der Waals surface area contributed by atoms with E-state index in [1.54, 1.807) is 24.3 Å². The molecule has 2 aromatic rings. The van der Waals surface area contributed by atoms with Gasteiger partial charge < -0.3 is 14.3 Å². The van der Waals surface area contributed by atoms with Gasteiger partial charge in [0, 0.05) is 5.56 Å². The Labute approximate surface area is 162 Å². The highest BCUT2D eigenvalue weighted by Gasteiger charge is 2.56. The van der Waals surface area contributed by atoms with Gasteiger partial charge in [-0.1, -0.05) is 28.9 Å². The van der Waals surface area contributed by atoms with Gasteiger partial charge >= 0.3 is 0 Å². The molecule has 0 spiro atoms. The van der Waals surface area contributed by atoms with Crippen LogP contribution in [-0.4, -0.2) is 37.8 Å². The molecule has 0 aliphatic carbocycles. The third-order valence-electron chi connectivity index (χ3n) is 5.08. The summed E-state index contributed by atoms with van der Waals surface area (Å²) in [5.74, 6) is -0.646. The minimum absolute atomic E-state index is 0.358. The molecule has 2 heterocycles. The molecular formula is C21H20N2O5. The molecule has 4 rings (SSSR count). The number of rotatable bonds is 4. The predicted molar refractivity (Wildman–Crippen MR) is 103 cm³/mol. The topological polar surface area (TPSA) is 77.4 Å². The van der Waals surface area contributed by atoms with Crippen molar-refractivity contribution in [2.24, 2.45) is 11.1 Å². The van der Waals surface area contributed by atoms with E-state index in [4.69, 9.17) is 14.3 Å². The van der Waals surface area contributed by atoms with Gasteiger partial charge in [-0.05, 0) is 37.6 Å². The van der Waals surface area contributed by atoms with E-state index in [9.17, 15) is 9.59 Å². The van der Waals surface area contributed by atoms with E-state index in [1.807, 2.05) is 26.0 Å². The fraction of sp³-hybridized carbons (Fsp3) is 0.286. The van der Waals surface area contributed by atoms with E-state index in [-0.39, 0.29) is 5.91 Å². The van der Waals surface area contributed by atoms with Crippen molar-refractivity contribution >= 4 is 23.2 Å². The summed E-state index contributed by atoms with van der Waals surface area (Å²) in [7, 11) is 3.04. The highest BCUT2D eigenvalue weighted by molar-refractivity contribution is 6.33. The van der Waals surface area contributed by atoms with Gasteiger partial charge in [-0.3, -0.25) is 9.59 Å². The maximum absolute atomic E-state index is 13.2. The lowest BCUT2D eigenvalue weighted by atomic mass is 9.93. The van der Waals surface area contributed by atoms with Crippen LogP contribution < -0.4 is 14.4 Å². The van der Waals surface area contributed by atoms with Crippen molar-refractivity contribution in [2.45, 2.75) is 20.0 Å².